The fourth-order valence-corrected chi connectivity index (χ4v) is 4.24. The van der Waals surface area contributed by atoms with Crippen molar-refractivity contribution in [3.05, 3.63) is 59.7 Å². The minimum atomic E-state index is -0.848. The fourth-order valence-electron chi connectivity index (χ4n) is 4.24. The number of benzene rings is 2. The molecule has 0 radical (unpaired) electrons. The highest BCUT2D eigenvalue weighted by molar-refractivity contribution is 5.86. The number of carbonyl (C=O) groups excluding carboxylic acids is 1. The van der Waals surface area contributed by atoms with Gasteiger partial charge in [0.1, 0.15) is 12.3 Å². The van der Waals surface area contributed by atoms with Crippen LogP contribution >= 0.6 is 0 Å². The van der Waals surface area contributed by atoms with Gasteiger partial charge in [-0.15, -0.1) is 0 Å². The third-order valence-corrected chi connectivity index (χ3v) is 5.93. The third kappa shape index (κ3) is 2.57. The number of methoxy groups -OCH3 is 1. The molecule has 0 saturated carbocycles. The van der Waals surface area contributed by atoms with Gasteiger partial charge in [0.15, 0.2) is 0 Å². The molecule has 0 N–H and O–H groups in total. The molecule has 2 aromatic rings. The monoisotopic (exact) mass is 378 g/mol. The Labute approximate surface area is 166 Å². The van der Waals surface area contributed by atoms with Crippen LogP contribution in [0.5, 0.6) is 5.75 Å². The topological polar surface area (TPSA) is 42.0 Å². The van der Waals surface area contributed by atoms with E-state index >= 15 is 0 Å². The van der Waals surface area contributed by atoms with Gasteiger partial charge in [0.05, 0.1) is 12.5 Å². The molecule has 0 aromatic heterocycles. The van der Waals surface area contributed by atoms with Crippen molar-refractivity contribution in [3.8, 4) is 5.75 Å². The zero-order chi connectivity index (χ0) is 20.1. The van der Waals surface area contributed by atoms with E-state index < -0.39 is 11.1 Å². The van der Waals surface area contributed by atoms with Gasteiger partial charge in [-0.2, -0.15) is 0 Å². The molecule has 2 aliphatic rings. The smallest absolute Gasteiger partial charge is 0.328 e. The average molecular weight is 378 g/mol. The van der Waals surface area contributed by atoms with Crippen LogP contribution < -0.4 is 14.5 Å². The lowest BCUT2D eigenvalue weighted by Crippen LogP contribution is -2.51. The SMILES string of the molecule is COc1ccc2c(c1)N1CC(=O)OC1(/C=C/c1ccc(N(C)C)cc1)C2(C)C. The van der Waals surface area contributed by atoms with E-state index in [0.717, 1.165) is 28.3 Å². The number of anilines is 2. The Kier molecular flexibility index (Phi) is 4.14. The number of esters is 1. The Morgan fingerprint density at radius 3 is 2.50 bits per heavy atom. The second-order valence-corrected chi connectivity index (χ2v) is 8.08. The lowest BCUT2D eigenvalue weighted by atomic mass is 9.77. The molecule has 28 heavy (non-hydrogen) atoms. The molecular formula is C23H26N2O3. The first-order chi connectivity index (χ1) is 13.3. The van der Waals surface area contributed by atoms with Crippen molar-refractivity contribution in [2.45, 2.75) is 25.0 Å². The normalized spacial score (nSPS) is 22.2. The molecule has 2 aliphatic heterocycles. The summed E-state index contributed by atoms with van der Waals surface area (Å²) < 4.78 is 11.4. The summed E-state index contributed by atoms with van der Waals surface area (Å²) in [6.07, 6.45) is 4.06. The van der Waals surface area contributed by atoms with Crippen molar-refractivity contribution in [2.75, 3.05) is 37.5 Å². The van der Waals surface area contributed by atoms with E-state index in [2.05, 4.69) is 54.0 Å². The molecule has 1 atom stereocenters. The molecule has 146 valence electrons. The summed E-state index contributed by atoms with van der Waals surface area (Å²) in [5.41, 5.74) is 3.09. The van der Waals surface area contributed by atoms with E-state index in [1.807, 2.05) is 38.4 Å². The Balaban J connectivity index is 1.76. The van der Waals surface area contributed by atoms with Crippen molar-refractivity contribution in [1.82, 2.24) is 0 Å². The van der Waals surface area contributed by atoms with Gasteiger partial charge in [-0.3, -0.25) is 4.79 Å². The Bertz CT molecular complexity index is 947. The van der Waals surface area contributed by atoms with Crippen LogP contribution in [-0.4, -0.2) is 39.4 Å². The summed E-state index contributed by atoms with van der Waals surface area (Å²) in [5, 5.41) is 0. The Morgan fingerprint density at radius 2 is 1.86 bits per heavy atom. The van der Waals surface area contributed by atoms with Crippen molar-refractivity contribution >= 4 is 23.4 Å². The Morgan fingerprint density at radius 1 is 1.14 bits per heavy atom. The zero-order valence-electron chi connectivity index (χ0n) is 17.0. The van der Waals surface area contributed by atoms with Crippen molar-refractivity contribution < 1.29 is 14.3 Å². The number of ether oxygens (including phenoxy) is 2. The van der Waals surface area contributed by atoms with Crippen LogP contribution in [0.3, 0.4) is 0 Å². The molecule has 5 heteroatoms. The molecule has 0 amide bonds. The van der Waals surface area contributed by atoms with Gasteiger partial charge in [-0.05, 0) is 49.2 Å². The maximum Gasteiger partial charge on any atom is 0.328 e. The number of hydrogen-bond acceptors (Lipinski definition) is 5. The summed E-state index contributed by atoms with van der Waals surface area (Å²) in [6.45, 7) is 4.47. The lowest BCUT2D eigenvalue weighted by Gasteiger charge is -2.38. The third-order valence-electron chi connectivity index (χ3n) is 5.93. The molecule has 2 aromatic carbocycles. The van der Waals surface area contributed by atoms with E-state index in [-0.39, 0.29) is 12.5 Å². The predicted octanol–water partition coefficient (Wildman–Crippen LogP) is 3.83. The highest BCUT2D eigenvalue weighted by atomic mass is 16.6. The summed E-state index contributed by atoms with van der Waals surface area (Å²) in [7, 11) is 5.69. The largest absolute Gasteiger partial charge is 0.497 e. The van der Waals surface area contributed by atoms with Gasteiger partial charge in [-0.25, -0.2) is 0 Å². The number of nitrogens with zero attached hydrogens (tertiary/aromatic N) is 2. The minimum absolute atomic E-state index is 0.214. The van der Waals surface area contributed by atoms with Gasteiger partial charge < -0.3 is 19.3 Å². The van der Waals surface area contributed by atoms with Crippen molar-refractivity contribution in [3.63, 3.8) is 0 Å². The van der Waals surface area contributed by atoms with Crippen molar-refractivity contribution in [2.24, 2.45) is 0 Å². The van der Waals surface area contributed by atoms with E-state index in [1.54, 1.807) is 7.11 Å². The maximum absolute atomic E-state index is 12.3. The zero-order valence-corrected chi connectivity index (χ0v) is 17.0. The lowest BCUT2D eigenvalue weighted by molar-refractivity contribution is -0.147. The standard InChI is InChI=1S/C23H26N2O3/c1-22(2)19-11-10-18(27-5)14-20(19)25-15-21(26)28-23(22,25)13-12-16-6-8-17(9-7-16)24(3)4/h6-14H,15H2,1-5H3/b13-12+. The highest BCUT2D eigenvalue weighted by Gasteiger charge is 2.62. The van der Waals surface area contributed by atoms with Crippen LogP contribution in [0.25, 0.3) is 6.08 Å². The molecule has 0 aliphatic carbocycles. The van der Waals surface area contributed by atoms with Crippen LogP contribution in [0.2, 0.25) is 0 Å². The molecule has 1 fully saturated rings. The number of carbonyl (C=O) groups is 1. The van der Waals surface area contributed by atoms with Crippen LogP contribution in [0.4, 0.5) is 11.4 Å². The highest BCUT2D eigenvalue weighted by Crippen LogP contribution is 2.56. The molecular weight excluding hydrogens is 352 g/mol. The van der Waals surface area contributed by atoms with E-state index in [1.165, 1.54) is 0 Å². The predicted molar refractivity (Wildman–Crippen MR) is 112 cm³/mol. The second kappa shape index (κ2) is 6.30. The summed E-state index contributed by atoms with van der Waals surface area (Å²) >= 11 is 0. The molecule has 1 saturated heterocycles. The van der Waals surface area contributed by atoms with Gasteiger partial charge in [0, 0.05) is 31.5 Å². The molecule has 0 spiro atoms. The molecule has 2 heterocycles. The van der Waals surface area contributed by atoms with Gasteiger partial charge in [0.25, 0.3) is 0 Å². The molecule has 0 bridgehead atoms. The van der Waals surface area contributed by atoms with Crippen LogP contribution in [-0.2, 0) is 14.9 Å². The number of rotatable bonds is 4. The van der Waals surface area contributed by atoms with Crippen LogP contribution in [0.15, 0.2) is 48.5 Å². The van der Waals surface area contributed by atoms with E-state index in [4.69, 9.17) is 9.47 Å². The first-order valence-corrected chi connectivity index (χ1v) is 9.43. The average Bonchev–Trinajstić information content (AvgIpc) is 3.11. The Hall–Kier alpha value is -2.95. The summed E-state index contributed by atoms with van der Waals surface area (Å²) in [5.74, 6) is 0.558. The van der Waals surface area contributed by atoms with Crippen LogP contribution in [0, 0.1) is 0 Å². The summed E-state index contributed by atoms with van der Waals surface area (Å²) in [4.78, 5) is 16.4. The molecule has 4 rings (SSSR count). The first-order valence-electron chi connectivity index (χ1n) is 9.43. The van der Waals surface area contributed by atoms with E-state index in [0.29, 0.717) is 0 Å². The molecule has 5 nitrogen and oxygen atoms in total. The number of fused-ring (bicyclic) bond motifs is 3. The van der Waals surface area contributed by atoms with Gasteiger partial charge in [0.2, 0.25) is 5.72 Å². The van der Waals surface area contributed by atoms with Crippen molar-refractivity contribution in [1.29, 1.82) is 0 Å². The van der Waals surface area contributed by atoms with Gasteiger partial charge >= 0.3 is 5.97 Å². The van der Waals surface area contributed by atoms with Gasteiger partial charge in [-0.1, -0.05) is 24.3 Å². The molecule has 1 unspecified atom stereocenters. The second-order valence-electron chi connectivity index (χ2n) is 8.08. The van der Waals surface area contributed by atoms with Crippen LogP contribution in [0.1, 0.15) is 25.0 Å². The maximum atomic E-state index is 12.3. The summed E-state index contributed by atoms with van der Waals surface area (Å²) in [6, 6.07) is 14.3. The fraction of sp³-hybridized carbons (Fsp3) is 0.348. The number of hydrogen-bond donors (Lipinski definition) is 0. The van der Waals surface area contributed by atoms with E-state index in [9.17, 15) is 4.79 Å². The minimum Gasteiger partial charge on any atom is -0.497 e. The first kappa shape index (κ1) is 18.4. The quantitative estimate of drug-likeness (QED) is 0.757.